The molecule has 0 aliphatic carbocycles. The van der Waals surface area contributed by atoms with Crippen LogP contribution in [0.2, 0.25) is 0 Å². The van der Waals surface area contributed by atoms with Crippen LogP contribution in [-0.4, -0.2) is 0 Å². The van der Waals surface area contributed by atoms with Crippen LogP contribution in [0, 0.1) is 12.3 Å². The molecule has 0 saturated carbocycles. The minimum absolute atomic E-state index is 0. The van der Waals surface area contributed by atoms with Crippen molar-refractivity contribution in [2.24, 2.45) is 0 Å². The largest absolute Gasteiger partial charge is 0.115 e. The molecule has 17 heavy (non-hydrogen) atoms. The first-order chi connectivity index (χ1) is 6.65. The van der Waals surface area contributed by atoms with Crippen molar-refractivity contribution in [2.75, 3.05) is 0 Å². The van der Waals surface area contributed by atoms with Gasteiger partial charge in [-0.25, -0.2) is 0 Å². The second-order valence-electron chi connectivity index (χ2n) is 2.59. The van der Waals surface area contributed by atoms with Crippen LogP contribution in [0.1, 0.15) is 22.3 Å². The first-order valence-corrected chi connectivity index (χ1v) is 4.13. The summed E-state index contributed by atoms with van der Waals surface area (Å²) in [4.78, 5) is 0. The molecule has 0 aliphatic rings. The van der Waals surface area contributed by atoms with Crippen LogP contribution in [0.15, 0.2) is 73.4 Å². The Kier molecular flexibility index (Phi) is 20.0. The zero-order valence-corrected chi connectivity index (χ0v) is 8.29. The summed E-state index contributed by atoms with van der Waals surface area (Å²) in [6, 6.07) is 0. The minimum Gasteiger partial charge on any atom is -0.115 e. The van der Waals surface area contributed by atoms with E-state index in [1.54, 1.807) is 24.3 Å². The average Bonchev–Trinajstić information content (AvgIpc) is 2.21. The van der Waals surface area contributed by atoms with Crippen molar-refractivity contribution in [3.8, 4) is 12.3 Å². The quantitative estimate of drug-likeness (QED) is 0.432. The van der Waals surface area contributed by atoms with E-state index in [0.717, 1.165) is 11.1 Å². The molecule has 0 N–H and O–H groups in total. The average molecular weight is 230 g/mol. The Morgan fingerprint density at radius 1 is 1.00 bits per heavy atom. The van der Waals surface area contributed by atoms with Crippen molar-refractivity contribution in [2.45, 2.75) is 22.3 Å². The van der Waals surface area contributed by atoms with Crippen molar-refractivity contribution < 1.29 is 0 Å². The van der Waals surface area contributed by atoms with Crippen molar-refractivity contribution >= 4 is 0 Å². The molecule has 0 rings (SSSR count). The molecule has 0 fully saturated rings. The summed E-state index contributed by atoms with van der Waals surface area (Å²) in [5.41, 5.74) is 2.28. The molecule has 0 heteroatoms. The Morgan fingerprint density at radius 3 is 1.88 bits per heavy atom. The highest BCUT2D eigenvalue weighted by molar-refractivity contribution is 5.49. The van der Waals surface area contributed by atoms with Crippen molar-refractivity contribution in [1.29, 1.82) is 0 Å². The molecular formula is C17H26. The fourth-order valence-electron chi connectivity index (χ4n) is 0.731. The molecule has 0 aromatic rings. The Labute approximate surface area is 108 Å². The molecule has 0 heterocycles. The third kappa shape index (κ3) is 10.3. The zero-order chi connectivity index (χ0) is 11.0. The number of hydrogen-bond donors (Lipinski definition) is 0. The van der Waals surface area contributed by atoms with E-state index in [2.05, 4.69) is 32.2 Å². The molecule has 0 bridgehead atoms. The Hall–Kier alpha value is -2.00. The van der Waals surface area contributed by atoms with Gasteiger partial charge in [0.15, 0.2) is 0 Å². The van der Waals surface area contributed by atoms with Crippen LogP contribution < -0.4 is 0 Å². The van der Waals surface area contributed by atoms with Crippen molar-refractivity contribution in [3.05, 3.63) is 73.4 Å². The van der Waals surface area contributed by atoms with Gasteiger partial charge in [0, 0.05) is 5.57 Å². The molecule has 0 radical (unpaired) electrons. The maximum Gasteiger partial charge on any atom is 0.0242 e. The molecule has 0 aromatic carbocycles. The number of terminal acetylenes is 1. The molecule has 0 aromatic heterocycles. The van der Waals surface area contributed by atoms with Gasteiger partial charge < -0.3 is 0 Å². The van der Waals surface area contributed by atoms with Crippen LogP contribution in [-0.2, 0) is 0 Å². The monoisotopic (exact) mass is 230 g/mol. The van der Waals surface area contributed by atoms with Crippen LogP contribution in [0.4, 0.5) is 0 Å². The van der Waals surface area contributed by atoms with E-state index in [-0.39, 0.29) is 22.3 Å². The summed E-state index contributed by atoms with van der Waals surface area (Å²) >= 11 is 0. The van der Waals surface area contributed by atoms with Gasteiger partial charge >= 0.3 is 0 Å². The maximum atomic E-state index is 5.24. The lowest BCUT2D eigenvalue weighted by Gasteiger charge is -1.98. The van der Waals surface area contributed by atoms with E-state index in [0.29, 0.717) is 5.57 Å². The third-order valence-electron chi connectivity index (χ3n) is 1.56. The Bertz CT molecular complexity index is 354. The van der Waals surface area contributed by atoms with Gasteiger partial charge in [-0.3, -0.25) is 0 Å². The van der Waals surface area contributed by atoms with Crippen LogP contribution in [0.5, 0.6) is 0 Å². The van der Waals surface area contributed by atoms with E-state index in [1.807, 2.05) is 6.08 Å². The van der Waals surface area contributed by atoms with Gasteiger partial charge in [0.25, 0.3) is 0 Å². The van der Waals surface area contributed by atoms with E-state index < -0.39 is 0 Å². The highest BCUT2D eigenvalue weighted by atomic mass is 14.0. The third-order valence-corrected chi connectivity index (χ3v) is 1.56. The van der Waals surface area contributed by atoms with Crippen LogP contribution in [0.25, 0.3) is 0 Å². The predicted molar refractivity (Wildman–Crippen MR) is 84.9 cm³/mol. The normalized spacial score (nSPS) is 8.76. The van der Waals surface area contributed by atoms with Gasteiger partial charge in [0.2, 0.25) is 0 Å². The Balaban J connectivity index is -0.000000282. The van der Waals surface area contributed by atoms with E-state index >= 15 is 0 Å². The summed E-state index contributed by atoms with van der Waals surface area (Å²) in [5, 5.41) is 0. The summed E-state index contributed by atoms with van der Waals surface area (Å²) < 4.78 is 0. The van der Waals surface area contributed by atoms with Gasteiger partial charge in [-0.1, -0.05) is 78.8 Å². The second kappa shape index (κ2) is 14.0. The summed E-state index contributed by atoms with van der Waals surface area (Å²) in [6.07, 6.45) is 13.9. The topological polar surface area (TPSA) is 0 Å². The SMILES string of the molecule is C.C.C.C#C/C(C=C)=C/C(=C)C(=C)/C=C\C=C. The number of hydrogen-bond acceptors (Lipinski definition) is 0. The smallest absolute Gasteiger partial charge is 0.0242 e. The molecule has 0 spiro atoms. The van der Waals surface area contributed by atoms with Gasteiger partial charge in [0.1, 0.15) is 0 Å². The highest BCUT2D eigenvalue weighted by Gasteiger charge is 1.92. The fraction of sp³-hybridized carbons (Fsp3) is 0.176. The van der Waals surface area contributed by atoms with E-state index in [4.69, 9.17) is 6.42 Å². The molecule has 0 nitrogen and oxygen atoms in total. The lowest BCUT2D eigenvalue weighted by molar-refractivity contribution is 1.57. The number of rotatable bonds is 5. The molecular weight excluding hydrogens is 204 g/mol. The van der Waals surface area contributed by atoms with E-state index in [9.17, 15) is 0 Å². The highest BCUT2D eigenvalue weighted by Crippen LogP contribution is 2.11. The van der Waals surface area contributed by atoms with Gasteiger partial charge in [-0.2, -0.15) is 0 Å². The van der Waals surface area contributed by atoms with Crippen molar-refractivity contribution in [3.63, 3.8) is 0 Å². The molecule has 0 amide bonds. The molecule has 0 unspecified atom stereocenters. The molecule has 0 atom stereocenters. The van der Waals surface area contributed by atoms with Gasteiger partial charge in [0.05, 0.1) is 0 Å². The zero-order valence-electron chi connectivity index (χ0n) is 8.29. The predicted octanol–water partition coefficient (Wildman–Crippen LogP) is 5.49. The van der Waals surface area contributed by atoms with E-state index in [1.165, 1.54) is 0 Å². The fourth-order valence-corrected chi connectivity index (χ4v) is 0.731. The molecule has 0 aliphatic heterocycles. The first-order valence-electron chi connectivity index (χ1n) is 4.13. The lowest BCUT2D eigenvalue weighted by Crippen LogP contribution is -1.80. The summed E-state index contributed by atoms with van der Waals surface area (Å²) in [6.45, 7) is 14.8. The van der Waals surface area contributed by atoms with Crippen molar-refractivity contribution in [1.82, 2.24) is 0 Å². The Morgan fingerprint density at radius 2 is 1.53 bits per heavy atom. The lowest BCUT2D eigenvalue weighted by atomic mass is 10.1. The van der Waals surface area contributed by atoms with Gasteiger partial charge in [-0.05, 0) is 17.2 Å². The van der Waals surface area contributed by atoms with Gasteiger partial charge in [-0.15, -0.1) is 6.42 Å². The maximum absolute atomic E-state index is 5.24. The summed E-state index contributed by atoms with van der Waals surface area (Å²) in [5.74, 6) is 2.49. The molecule has 0 saturated heterocycles. The second-order valence-corrected chi connectivity index (χ2v) is 2.59. The first kappa shape index (κ1) is 24.3. The standard InChI is InChI=1S/C14H14.3CH4/c1-6-9-10-12(4)13(5)11-14(7-2)8-3;;;/h2,6,8-11H,1,3-5H2;3*1H4/b10-9-,14-11-;;;. The molecule has 94 valence electrons. The number of allylic oxidation sites excluding steroid dienone is 8. The summed E-state index contributed by atoms with van der Waals surface area (Å²) in [7, 11) is 0. The van der Waals surface area contributed by atoms with Crippen LogP contribution >= 0.6 is 0 Å². The minimum atomic E-state index is 0. The van der Waals surface area contributed by atoms with Crippen LogP contribution in [0.3, 0.4) is 0 Å².